The molecule has 0 bridgehead atoms. The Balaban J connectivity index is 1.31. The van der Waals surface area contributed by atoms with E-state index < -0.39 is 29.2 Å². The summed E-state index contributed by atoms with van der Waals surface area (Å²) in [5, 5.41) is 14.1. The highest BCUT2D eigenvalue weighted by Gasteiger charge is 2.46. The van der Waals surface area contributed by atoms with E-state index in [1.54, 1.807) is 11.1 Å². The number of likely N-dealkylation sites (tertiary alicyclic amines) is 1. The van der Waals surface area contributed by atoms with Gasteiger partial charge in [0.2, 0.25) is 5.91 Å². The number of hydrogen-bond donors (Lipinski definition) is 3. The minimum atomic E-state index is -4.45. The monoisotopic (exact) mass is 609 g/mol. The molecule has 2 unspecified atom stereocenters. The minimum absolute atomic E-state index is 0.0168. The molecule has 0 spiro atoms. The van der Waals surface area contributed by atoms with Crippen molar-refractivity contribution < 1.29 is 27.8 Å². The number of nitrogens with two attached hydrogens (primary N) is 1. The Labute approximate surface area is 252 Å². The number of fused-ring (bicyclic) bond motifs is 1. The van der Waals surface area contributed by atoms with Crippen LogP contribution < -0.4 is 11.1 Å². The first kappa shape index (κ1) is 29.8. The average molecular weight is 610 g/mol. The Hall–Kier alpha value is -4.23. The van der Waals surface area contributed by atoms with Crippen LogP contribution in [0.3, 0.4) is 0 Å². The van der Waals surface area contributed by atoms with Crippen LogP contribution in [0.2, 0.25) is 0 Å². The molecule has 13 heteroatoms. The molecule has 4 aromatic rings. The summed E-state index contributed by atoms with van der Waals surface area (Å²) in [7, 11) is 0. The Bertz CT molecular complexity index is 1690. The number of nitrogens with one attached hydrogen (secondary N) is 1. The molecule has 232 valence electrons. The van der Waals surface area contributed by atoms with Gasteiger partial charge in [0.1, 0.15) is 28.7 Å². The van der Waals surface area contributed by atoms with Gasteiger partial charge in [-0.2, -0.15) is 13.2 Å². The van der Waals surface area contributed by atoms with E-state index >= 15 is 0 Å². The fourth-order valence-electron chi connectivity index (χ4n) is 5.89. The van der Waals surface area contributed by atoms with Crippen LogP contribution in [0, 0.1) is 5.41 Å². The summed E-state index contributed by atoms with van der Waals surface area (Å²) in [6, 6.07) is 9.34. The topological polar surface area (TPSA) is 131 Å². The fraction of sp³-hybridized carbons (Fsp3) is 0.419. The van der Waals surface area contributed by atoms with Crippen LogP contribution in [-0.2, 0) is 28.7 Å². The third kappa shape index (κ3) is 5.45. The van der Waals surface area contributed by atoms with Crippen LogP contribution in [0.25, 0.3) is 16.8 Å². The predicted molar refractivity (Wildman–Crippen MR) is 158 cm³/mol. The second kappa shape index (κ2) is 11.4. The maximum atomic E-state index is 13.3. The summed E-state index contributed by atoms with van der Waals surface area (Å²) in [5.41, 5.74) is 8.76. The Morgan fingerprint density at radius 2 is 1.95 bits per heavy atom. The quantitative estimate of drug-likeness (QED) is 0.283. The number of carbonyl (C=O) groups is 1. The first-order chi connectivity index (χ1) is 21.0. The van der Waals surface area contributed by atoms with Crippen LogP contribution in [-0.4, -0.2) is 67.7 Å². The lowest BCUT2D eigenvalue weighted by atomic mass is 9.85. The molecule has 3 aromatic heterocycles. The lowest BCUT2D eigenvalue weighted by Crippen LogP contribution is -2.56. The van der Waals surface area contributed by atoms with Crippen molar-refractivity contribution in [2.75, 3.05) is 37.4 Å². The lowest BCUT2D eigenvalue weighted by molar-refractivity contribution is -0.171. The van der Waals surface area contributed by atoms with Crippen molar-refractivity contribution in [3.8, 4) is 11.3 Å². The van der Waals surface area contributed by atoms with E-state index in [-0.39, 0.29) is 24.1 Å². The van der Waals surface area contributed by atoms with Gasteiger partial charge in [-0.25, -0.2) is 15.0 Å². The van der Waals surface area contributed by atoms with Crippen molar-refractivity contribution in [2.45, 2.75) is 51.4 Å². The van der Waals surface area contributed by atoms with Crippen LogP contribution in [0.4, 0.5) is 24.8 Å². The Morgan fingerprint density at radius 3 is 2.61 bits per heavy atom. The zero-order valence-electron chi connectivity index (χ0n) is 24.4. The van der Waals surface area contributed by atoms with E-state index in [2.05, 4.69) is 15.3 Å². The summed E-state index contributed by atoms with van der Waals surface area (Å²) in [6.45, 7) is 5.70. The Kier molecular flexibility index (Phi) is 7.70. The van der Waals surface area contributed by atoms with E-state index in [9.17, 15) is 23.1 Å². The minimum Gasteiger partial charge on any atom is -0.392 e. The molecule has 5 heterocycles. The lowest BCUT2D eigenvalue weighted by Gasteiger charge is -2.43. The molecule has 10 nitrogen and oxygen atoms in total. The summed E-state index contributed by atoms with van der Waals surface area (Å²) in [5.74, 6) is 0.589. The van der Waals surface area contributed by atoms with Crippen molar-refractivity contribution in [3.05, 3.63) is 71.4 Å². The maximum absolute atomic E-state index is 13.3. The number of aliphatic hydroxyl groups is 1. The summed E-state index contributed by atoms with van der Waals surface area (Å²) < 4.78 is 46.5. The molecule has 2 fully saturated rings. The van der Waals surface area contributed by atoms with Crippen molar-refractivity contribution in [1.29, 1.82) is 0 Å². The number of hydrogen-bond acceptors (Lipinski definition) is 8. The predicted octanol–water partition coefficient (Wildman–Crippen LogP) is 4.28. The van der Waals surface area contributed by atoms with E-state index in [0.717, 1.165) is 35.2 Å². The normalized spacial score (nSPS) is 20.0. The van der Waals surface area contributed by atoms with Gasteiger partial charge in [0.25, 0.3) is 0 Å². The van der Waals surface area contributed by atoms with Gasteiger partial charge in [0.05, 0.1) is 36.2 Å². The van der Waals surface area contributed by atoms with E-state index in [1.165, 1.54) is 0 Å². The highest BCUT2D eigenvalue weighted by Crippen LogP contribution is 2.37. The fourth-order valence-corrected chi connectivity index (χ4v) is 5.89. The number of piperidine rings is 1. The smallest absolute Gasteiger partial charge is 0.392 e. The number of amides is 1. The first-order valence-corrected chi connectivity index (χ1v) is 14.6. The molecule has 44 heavy (non-hydrogen) atoms. The second-order valence-electron chi connectivity index (χ2n) is 11.7. The largest absolute Gasteiger partial charge is 0.416 e. The third-order valence-corrected chi connectivity index (χ3v) is 8.49. The number of halogens is 3. The number of benzene rings is 1. The molecule has 0 saturated carbocycles. The molecule has 2 atom stereocenters. The standard InChI is InChI=1S/C31H34F3N7O3/c1-3-21-14-38-27(35)26-25(19-6-4-18(5-7-19)13-37-24-12-20(8-10-36-24)31(32,33)34)39-28(41(21)26)22-15-40(11-9-23(22)42)29(43)30(2)16-44-17-30/h4-8,10,12,14,22-23,42H,3,9,11,13,15-17H2,1-2H3,(H2,35,38)(H,36,37). The summed E-state index contributed by atoms with van der Waals surface area (Å²) in [6.07, 6.45) is -1.27. The Morgan fingerprint density at radius 1 is 1.20 bits per heavy atom. The van der Waals surface area contributed by atoms with Gasteiger partial charge in [-0.3, -0.25) is 9.20 Å². The molecule has 6 rings (SSSR count). The maximum Gasteiger partial charge on any atom is 0.416 e. The van der Waals surface area contributed by atoms with Crippen molar-refractivity contribution in [3.63, 3.8) is 0 Å². The number of pyridine rings is 1. The molecular weight excluding hydrogens is 575 g/mol. The van der Waals surface area contributed by atoms with Crippen molar-refractivity contribution in [2.24, 2.45) is 5.41 Å². The summed E-state index contributed by atoms with van der Waals surface area (Å²) >= 11 is 0. The zero-order chi connectivity index (χ0) is 31.2. The number of carbonyl (C=O) groups excluding carboxylic acids is 1. The molecule has 0 aliphatic carbocycles. The number of nitrogen functional groups attached to an aromatic ring is 1. The number of imidazole rings is 1. The highest BCUT2D eigenvalue weighted by molar-refractivity contribution is 5.86. The molecule has 2 saturated heterocycles. The third-order valence-electron chi connectivity index (χ3n) is 8.49. The van der Waals surface area contributed by atoms with Crippen LogP contribution in [0.15, 0.2) is 48.8 Å². The van der Waals surface area contributed by atoms with Gasteiger partial charge in [0, 0.05) is 43.3 Å². The van der Waals surface area contributed by atoms with Gasteiger partial charge in [-0.15, -0.1) is 0 Å². The number of aromatic nitrogens is 4. The SMILES string of the molecule is CCc1cnc(N)c2c(-c3ccc(CNc4cc(C(F)(F)F)ccn4)cc3)nc(C3CN(C(=O)C4(C)COC4)CCC3O)n12. The number of ether oxygens (including phenoxy) is 1. The van der Waals surface area contributed by atoms with Gasteiger partial charge in [-0.05, 0) is 37.5 Å². The highest BCUT2D eigenvalue weighted by atomic mass is 19.4. The molecule has 2 aliphatic heterocycles. The number of rotatable bonds is 7. The summed E-state index contributed by atoms with van der Waals surface area (Å²) in [4.78, 5) is 28.6. The van der Waals surface area contributed by atoms with Crippen molar-refractivity contribution in [1.82, 2.24) is 24.3 Å². The molecule has 0 radical (unpaired) electrons. The van der Waals surface area contributed by atoms with Gasteiger partial charge >= 0.3 is 6.18 Å². The first-order valence-electron chi connectivity index (χ1n) is 14.6. The van der Waals surface area contributed by atoms with Crippen LogP contribution in [0.1, 0.15) is 48.8 Å². The van der Waals surface area contributed by atoms with Gasteiger partial charge < -0.3 is 25.8 Å². The number of alkyl halides is 3. The number of nitrogens with zero attached hydrogens (tertiary/aromatic N) is 5. The van der Waals surface area contributed by atoms with Crippen molar-refractivity contribution >= 4 is 23.1 Å². The zero-order valence-corrected chi connectivity index (χ0v) is 24.4. The molecule has 2 aliphatic rings. The van der Waals surface area contributed by atoms with E-state index in [4.69, 9.17) is 15.5 Å². The molecule has 1 aromatic carbocycles. The number of aryl methyl sites for hydroxylation is 1. The van der Waals surface area contributed by atoms with E-state index in [0.29, 0.717) is 56.2 Å². The second-order valence-corrected chi connectivity index (χ2v) is 11.7. The molecule has 1 amide bonds. The number of aliphatic hydroxyl groups excluding tert-OH is 1. The van der Waals surface area contributed by atoms with Crippen LogP contribution in [0.5, 0.6) is 0 Å². The van der Waals surface area contributed by atoms with Crippen LogP contribution >= 0.6 is 0 Å². The molecule has 4 N–H and O–H groups in total. The van der Waals surface area contributed by atoms with Gasteiger partial charge in [-0.1, -0.05) is 31.2 Å². The molecular formula is C31H34F3N7O3. The van der Waals surface area contributed by atoms with Gasteiger partial charge in [0.15, 0.2) is 0 Å². The van der Waals surface area contributed by atoms with E-state index in [1.807, 2.05) is 42.5 Å². The average Bonchev–Trinajstić information content (AvgIpc) is 3.40. The number of anilines is 2.